The average molecular weight is 373 g/mol. The van der Waals surface area contributed by atoms with Crippen LogP contribution in [0.4, 0.5) is 0 Å². The Morgan fingerprint density at radius 3 is 2.71 bits per heavy atom. The third-order valence-electron chi connectivity index (χ3n) is 3.89. The second kappa shape index (κ2) is 5.84. The van der Waals surface area contributed by atoms with Crippen molar-refractivity contribution in [2.75, 3.05) is 0 Å². The predicted molar refractivity (Wildman–Crippen MR) is 102 cm³/mol. The van der Waals surface area contributed by atoms with E-state index in [1.807, 2.05) is 35.9 Å². The van der Waals surface area contributed by atoms with Crippen LogP contribution in [0.1, 0.15) is 15.2 Å². The van der Waals surface area contributed by atoms with Gasteiger partial charge in [-0.25, -0.2) is 0 Å². The summed E-state index contributed by atoms with van der Waals surface area (Å²) in [5, 5.41) is 1.39. The average Bonchev–Trinajstić information content (AvgIpc) is 3.06. The monoisotopic (exact) mass is 372 g/mol. The molecule has 0 atom stereocenters. The molecule has 0 fully saturated rings. The van der Waals surface area contributed by atoms with Crippen LogP contribution in [0.5, 0.6) is 0 Å². The number of thiazole rings is 1. The van der Waals surface area contributed by atoms with E-state index in [9.17, 15) is 4.79 Å². The van der Waals surface area contributed by atoms with Gasteiger partial charge in [0.15, 0.2) is 4.80 Å². The van der Waals surface area contributed by atoms with Crippen molar-refractivity contribution in [1.82, 2.24) is 4.57 Å². The summed E-state index contributed by atoms with van der Waals surface area (Å²) < 4.78 is 4.06. The molecule has 0 aliphatic carbocycles. The number of hydrogen-bond acceptors (Lipinski definition) is 3. The number of aryl methyl sites for hydroxylation is 2. The molecule has 2 heterocycles. The van der Waals surface area contributed by atoms with Crippen molar-refractivity contribution in [2.45, 2.75) is 6.92 Å². The highest BCUT2D eigenvalue weighted by Crippen LogP contribution is 2.35. The first-order valence-corrected chi connectivity index (χ1v) is 9.38. The minimum Gasteiger partial charge on any atom is -0.319 e. The molecular formula is C18H13ClN2OS2. The van der Waals surface area contributed by atoms with Gasteiger partial charge < -0.3 is 4.57 Å². The lowest BCUT2D eigenvalue weighted by molar-refractivity contribution is 0.100. The Balaban J connectivity index is 1.86. The van der Waals surface area contributed by atoms with Gasteiger partial charge in [-0.05, 0) is 30.7 Å². The van der Waals surface area contributed by atoms with Crippen molar-refractivity contribution < 1.29 is 4.79 Å². The summed E-state index contributed by atoms with van der Waals surface area (Å²) in [6.07, 6.45) is 0. The molecule has 2 aromatic heterocycles. The number of aromatic nitrogens is 1. The molecule has 0 saturated carbocycles. The SMILES string of the molecule is Cc1ccc2c(c1)sc(=NC(=O)c1sc3ccccc3c1Cl)n2C. The van der Waals surface area contributed by atoms with Crippen LogP contribution in [-0.4, -0.2) is 10.5 Å². The number of nitrogens with zero attached hydrogens (tertiary/aromatic N) is 2. The minimum absolute atomic E-state index is 0.292. The molecule has 0 spiro atoms. The first-order valence-electron chi connectivity index (χ1n) is 7.37. The van der Waals surface area contributed by atoms with Crippen LogP contribution in [0.3, 0.4) is 0 Å². The molecule has 0 aliphatic heterocycles. The van der Waals surface area contributed by atoms with Crippen molar-refractivity contribution in [2.24, 2.45) is 12.0 Å². The number of fused-ring (bicyclic) bond motifs is 2. The lowest BCUT2D eigenvalue weighted by Crippen LogP contribution is -2.12. The van der Waals surface area contributed by atoms with Crippen LogP contribution in [0.2, 0.25) is 5.02 Å². The topological polar surface area (TPSA) is 34.4 Å². The summed E-state index contributed by atoms with van der Waals surface area (Å²) in [7, 11) is 1.92. The van der Waals surface area contributed by atoms with Gasteiger partial charge in [0.25, 0.3) is 5.91 Å². The highest BCUT2D eigenvalue weighted by Gasteiger charge is 2.16. The number of thiophene rings is 1. The number of carbonyl (C=O) groups is 1. The van der Waals surface area contributed by atoms with E-state index in [0.29, 0.717) is 14.7 Å². The normalized spacial score (nSPS) is 12.4. The van der Waals surface area contributed by atoms with Crippen LogP contribution in [0, 0.1) is 6.92 Å². The molecule has 2 aromatic carbocycles. The predicted octanol–water partition coefficient (Wildman–Crippen LogP) is 5.16. The Bertz CT molecular complexity index is 1170. The van der Waals surface area contributed by atoms with Crippen LogP contribution in [0.15, 0.2) is 47.5 Å². The molecule has 0 bridgehead atoms. The smallest absolute Gasteiger partial charge is 0.291 e. The molecule has 4 rings (SSSR count). The molecule has 6 heteroatoms. The van der Waals surface area contributed by atoms with Gasteiger partial charge in [0.1, 0.15) is 4.88 Å². The third-order valence-corrected chi connectivity index (χ3v) is 6.65. The molecule has 0 radical (unpaired) electrons. The van der Waals surface area contributed by atoms with Crippen LogP contribution in [-0.2, 0) is 7.05 Å². The maximum atomic E-state index is 12.7. The summed E-state index contributed by atoms with van der Waals surface area (Å²) in [5.74, 6) is -0.292. The second-order valence-corrected chi connectivity index (χ2v) is 8.01. The number of amides is 1. The maximum absolute atomic E-state index is 12.7. The fourth-order valence-electron chi connectivity index (χ4n) is 2.64. The van der Waals surface area contributed by atoms with Crippen molar-refractivity contribution in [1.29, 1.82) is 0 Å². The molecule has 0 aliphatic rings. The molecular weight excluding hydrogens is 360 g/mol. The van der Waals surface area contributed by atoms with Crippen LogP contribution >= 0.6 is 34.3 Å². The number of hydrogen-bond donors (Lipinski definition) is 0. The second-order valence-electron chi connectivity index (χ2n) is 5.57. The zero-order chi connectivity index (χ0) is 16.8. The summed E-state index contributed by atoms with van der Waals surface area (Å²) in [6.45, 7) is 2.05. The molecule has 24 heavy (non-hydrogen) atoms. The van der Waals surface area contributed by atoms with Gasteiger partial charge in [-0.15, -0.1) is 11.3 Å². The summed E-state index contributed by atoms with van der Waals surface area (Å²) in [5.41, 5.74) is 2.26. The maximum Gasteiger partial charge on any atom is 0.291 e. The third kappa shape index (κ3) is 2.49. The Hall–Kier alpha value is -1.95. The van der Waals surface area contributed by atoms with Crippen molar-refractivity contribution in [3.05, 3.63) is 62.7 Å². The van der Waals surface area contributed by atoms with Crippen molar-refractivity contribution >= 4 is 60.5 Å². The van der Waals surface area contributed by atoms with E-state index in [4.69, 9.17) is 11.6 Å². The number of carbonyl (C=O) groups excluding carboxylic acids is 1. The molecule has 1 amide bonds. The zero-order valence-electron chi connectivity index (χ0n) is 13.0. The molecule has 0 N–H and O–H groups in total. The van der Waals surface area contributed by atoms with Gasteiger partial charge in [-0.1, -0.05) is 47.2 Å². The van der Waals surface area contributed by atoms with Gasteiger partial charge >= 0.3 is 0 Å². The van der Waals surface area contributed by atoms with E-state index in [1.165, 1.54) is 28.2 Å². The quantitative estimate of drug-likeness (QED) is 0.454. The highest BCUT2D eigenvalue weighted by atomic mass is 35.5. The van der Waals surface area contributed by atoms with Crippen molar-refractivity contribution in [3.63, 3.8) is 0 Å². The number of benzene rings is 2. The zero-order valence-corrected chi connectivity index (χ0v) is 15.4. The summed E-state index contributed by atoms with van der Waals surface area (Å²) in [6, 6.07) is 14.0. The lowest BCUT2D eigenvalue weighted by Gasteiger charge is -1.96. The largest absolute Gasteiger partial charge is 0.319 e. The van der Waals surface area contributed by atoms with E-state index in [1.54, 1.807) is 0 Å². The Morgan fingerprint density at radius 2 is 1.92 bits per heavy atom. The molecule has 0 saturated heterocycles. The fourth-order valence-corrected chi connectivity index (χ4v) is 5.15. The Kier molecular flexibility index (Phi) is 3.79. The standard InChI is InChI=1S/C18H13ClN2OS2/c1-10-7-8-12-14(9-10)24-18(21(12)2)20-17(22)16-15(19)11-5-3-4-6-13(11)23-16/h3-9H,1-2H3. The minimum atomic E-state index is -0.292. The van der Waals surface area contributed by atoms with Gasteiger partial charge in [0, 0.05) is 17.1 Å². The van der Waals surface area contributed by atoms with E-state index < -0.39 is 0 Å². The first-order chi connectivity index (χ1) is 11.5. The summed E-state index contributed by atoms with van der Waals surface area (Å²) >= 11 is 9.28. The van der Waals surface area contributed by atoms with E-state index in [0.717, 1.165) is 20.3 Å². The van der Waals surface area contributed by atoms with Gasteiger partial charge in [0.2, 0.25) is 0 Å². The number of halogens is 1. The Morgan fingerprint density at radius 1 is 1.12 bits per heavy atom. The van der Waals surface area contributed by atoms with Gasteiger partial charge in [-0.2, -0.15) is 4.99 Å². The molecule has 4 aromatic rings. The number of rotatable bonds is 1. The molecule has 0 unspecified atom stereocenters. The summed E-state index contributed by atoms with van der Waals surface area (Å²) in [4.78, 5) is 18.1. The van der Waals surface area contributed by atoms with Crippen molar-refractivity contribution in [3.8, 4) is 0 Å². The van der Waals surface area contributed by atoms with E-state index in [-0.39, 0.29) is 5.91 Å². The van der Waals surface area contributed by atoms with Gasteiger partial charge in [0.05, 0.1) is 15.2 Å². The molecule has 120 valence electrons. The first kappa shape index (κ1) is 15.6. The highest BCUT2D eigenvalue weighted by molar-refractivity contribution is 7.21. The van der Waals surface area contributed by atoms with Crippen LogP contribution < -0.4 is 4.80 Å². The lowest BCUT2D eigenvalue weighted by atomic mass is 10.2. The van der Waals surface area contributed by atoms with E-state index in [2.05, 4.69) is 30.1 Å². The van der Waals surface area contributed by atoms with E-state index >= 15 is 0 Å². The fraction of sp³-hybridized carbons (Fsp3) is 0.111. The van der Waals surface area contributed by atoms with Crippen LogP contribution in [0.25, 0.3) is 20.3 Å². The Labute approximate surface area is 151 Å². The molecule has 3 nitrogen and oxygen atoms in total. The van der Waals surface area contributed by atoms with Gasteiger partial charge in [-0.3, -0.25) is 4.79 Å².